The van der Waals surface area contributed by atoms with Gasteiger partial charge in [0.1, 0.15) is 11.5 Å². The van der Waals surface area contributed by atoms with E-state index in [1.165, 1.54) is 0 Å². The normalized spacial score (nSPS) is 18.2. The molecule has 2 aliphatic heterocycles. The maximum Gasteiger partial charge on any atom is 0.261 e. The fourth-order valence-electron chi connectivity index (χ4n) is 4.04. The maximum atomic E-state index is 12.8. The number of amides is 2. The van der Waals surface area contributed by atoms with E-state index in [9.17, 15) is 9.59 Å². The first-order chi connectivity index (χ1) is 14.1. The van der Waals surface area contributed by atoms with Crippen molar-refractivity contribution in [2.45, 2.75) is 38.6 Å². The molecule has 2 aliphatic rings. The largest absolute Gasteiger partial charge is 0.494 e. The first kappa shape index (κ1) is 19.3. The van der Waals surface area contributed by atoms with Gasteiger partial charge in [-0.1, -0.05) is 12.1 Å². The summed E-state index contributed by atoms with van der Waals surface area (Å²) in [6, 6.07) is 13.6. The van der Waals surface area contributed by atoms with Crippen LogP contribution in [-0.2, 0) is 16.0 Å². The molecule has 0 spiro atoms. The van der Waals surface area contributed by atoms with E-state index < -0.39 is 0 Å². The predicted octanol–water partition coefficient (Wildman–Crippen LogP) is 3.71. The van der Waals surface area contributed by atoms with Gasteiger partial charge in [0.15, 0.2) is 6.61 Å². The summed E-state index contributed by atoms with van der Waals surface area (Å²) in [7, 11) is 0. The second kappa shape index (κ2) is 8.55. The van der Waals surface area contributed by atoms with Crippen LogP contribution in [0, 0.1) is 0 Å². The van der Waals surface area contributed by atoms with Gasteiger partial charge in [-0.25, -0.2) is 0 Å². The predicted molar refractivity (Wildman–Crippen MR) is 110 cm³/mol. The van der Waals surface area contributed by atoms with Crippen LogP contribution < -0.4 is 14.8 Å². The number of hydrogen-bond acceptors (Lipinski definition) is 4. The Bertz CT molecular complexity index is 894. The van der Waals surface area contributed by atoms with Gasteiger partial charge in [-0.3, -0.25) is 9.59 Å². The van der Waals surface area contributed by atoms with Crippen LogP contribution in [0.2, 0.25) is 0 Å². The van der Waals surface area contributed by atoms with Crippen LogP contribution in [0.3, 0.4) is 0 Å². The topological polar surface area (TPSA) is 67.9 Å². The Kier molecular flexibility index (Phi) is 5.69. The van der Waals surface area contributed by atoms with Gasteiger partial charge in [0.2, 0.25) is 5.91 Å². The minimum Gasteiger partial charge on any atom is -0.494 e. The summed E-state index contributed by atoms with van der Waals surface area (Å²) >= 11 is 0. The number of carbonyl (C=O) groups excluding carboxylic acids is 2. The summed E-state index contributed by atoms with van der Waals surface area (Å²) < 4.78 is 11.3. The van der Waals surface area contributed by atoms with Crippen molar-refractivity contribution in [1.29, 1.82) is 0 Å². The summed E-state index contributed by atoms with van der Waals surface area (Å²) in [6.07, 6.45) is 3.12. The molecule has 0 aliphatic carbocycles. The van der Waals surface area contributed by atoms with Crippen molar-refractivity contribution in [2.75, 3.05) is 25.1 Å². The van der Waals surface area contributed by atoms with Crippen molar-refractivity contribution in [3.05, 3.63) is 53.6 Å². The van der Waals surface area contributed by atoms with Crippen LogP contribution >= 0.6 is 0 Å². The molecule has 1 saturated heterocycles. The minimum atomic E-state index is -0.00703. The summed E-state index contributed by atoms with van der Waals surface area (Å²) in [4.78, 5) is 26.2. The van der Waals surface area contributed by atoms with Crippen molar-refractivity contribution in [3.63, 3.8) is 0 Å². The quantitative estimate of drug-likeness (QED) is 0.811. The number of anilines is 1. The van der Waals surface area contributed by atoms with Crippen molar-refractivity contribution in [1.82, 2.24) is 4.90 Å². The molecule has 2 aromatic rings. The molecule has 2 amide bonds. The molecule has 6 heteroatoms. The second-order valence-corrected chi connectivity index (χ2v) is 7.40. The SMILES string of the molecule is CCOc1ccc([C@H]2CCCN2C(=O)COc2ccc3c(c2)CCC(=O)N3)cc1. The number of rotatable bonds is 6. The minimum absolute atomic E-state index is 0.00703. The van der Waals surface area contributed by atoms with E-state index in [1.807, 2.05) is 48.2 Å². The fraction of sp³-hybridized carbons (Fsp3) is 0.391. The van der Waals surface area contributed by atoms with Crippen molar-refractivity contribution < 1.29 is 19.1 Å². The van der Waals surface area contributed by atoms with Gasteiger partial charge in [-0.15, -0.1) is 0 Å². The van der Waals surface area contributed by atoms with Crippen LogP contribution in [0.25, 0.3) is 0 Å². The monoisotopic (exact) mass is 394 g/mol. The molecular weight excluding hydrogens is 368 g/mol. The third kappa shape index (κ3) is 4.36. The van der Waals surface area contributed by atoms with E-state index in [2.05, 4.69) is 5.32 Å². The van der Waals surface area contributed by atoms with Gasteiger partial charge in [-0.05, 0) is 67.6 Å². The van der Waals surface area contributed by atoms with Crippen LogP contribution in [0.1, 0.15) is 43.4 Å². The highest BCUT2D eigenvalue weighted by molar-refractivity contribution is 5.94. The lowest BCUT2D eigenvalue weighted by Gasteiger charge is -2.25. The van der Waals surface area contributed by atoms with Crippen LogP contribution in [0.5, 0.6) is 11.5 Å². The Hall–Kier alpha value is -3.02. The van der Waals surface area contributed by atoms with E-state index in [-0.39, 0.29) is 24.5 Å². The molecule has 0 unspecified atom stereocenters. The Morgan fingerprint density at radius 3 is 2.69 bits per heavy atom. The average Bonchev–Trinajstić information content (AvgIpc) is 3.23. The third-order valence-corrected chi connectivity index (χ3v) is 5.48. The molecule has 0 saturated carbocycles. The highest BCUT2D eigenvalue weighted by atomic mass is 16.5. The molecule has 2 heterocycles. The van der Waals surface area contributed by atoms with E-state index >= 15 is 0 Å². The zero-order valence-corrected chi connectivity index (χ0v) is 16.6. The third-order valence-electron chi connectivity index (χ3n) is 5.48. The number of ether oxygens (including phenoxy) is 2. The highest BCUT2D eigenvalue weighted by Crippen LogP contribution is 2.33. The highest BCUT2D eigenvalue weighted by Gasteiger charge is 2.30. The van der Waals surface area contributed by atoms with E-state index in [1.54, 1.807) is 6.07 Å². The van der Waals surface area contributed by atoms with E-state index in [4.69, 9.17) is 9.47 Å². The summed E-state index contributed by atoms with van der Waals surface area (Å²) in [5.41, 5.74) is 3.00. The van der Waals surface area contributed by atoms with Crippen LogP contribution in [0.15, 0.2) is 42.5 Å². The summed E-state index contributed by atoms with van der Waals surface area (Å²) in [6.45, 7) is 3.36. The molecular formula is C23H26N2O4. The van der Waals surface area contributed by atoms with Gasteiger partial charge < -0.3 is 19.7 Å². The summed E-state index contributed by atoms with van der Waals surface area (Å²) in [5, 5.41) is 2.85. The molecule has 0 radical (unpaired) electrons. The van der Waals surface area contributed by atoms with Crippen molar-refractivity contribution in [3.8, 4) is 11.5 Å². The summed E-state index contributed by atoms with van der Waals surface area (Å²) in [5.74, 6) is 1.53. The average molecular weight is 394 g/mol. The molecule has 2 aromatic carbocycles. The smallest absolute Gasteiger partial charge is 0.261 e. The lowest BCUT2D eigenvalue weighted by atomic mass is 10.0. The molecule has 0 aromatic heterocycles. The lowest BCUT2D eigenvalue weighted by Crippen LogP contribution is -2.34. The first-order valence-electron chi connectivity index (χ1n) is 10.2. The van der Waals surface area contributed by atoms with Crippen LogP contribution in [0.4, 0.5) is 5.69 Å². The van der Waals surface area contributed by atoms with Gasteiger partial charge >= 0.3 is 0 Å². The van der Waals surface area contributed by atoms with E-state index in [0.717, 1.165) is 42.0 Å². The number of hydrogen-bond donors (Lipinski definition) is 1. The van der Waals surface area contributed by atoms with Crippen LogP contribution in [-0.4, -0.2) is 36.5 Å². The molecule has 0 bridgehead atoms. The number of carbonyl (C=O) groups is 2. The van der Waals surface area contributed by atoms with E-state index in [0.29, 0.717) is 25.2 Å². The molecule has 1 N–H and O–H groups in total. The zero-order chi connectivity index (χ0) is 20.2. The number of fused-ring (bicyclic) bond motifs is 1. The Morgan fingerprint density at radius 2 is 1.90 bits per heavy atom. The molecule has 4 rings (SSSR count). The van der Waals surface area contributed by atoms with Crippen molar-refractivity contribution >= 4 is 17.5 Å². The molecule has 29 heavy (non-hydrogen) atoms. The Morgan fingerprint density at radius 1 is 1.10 bits per heavy atom. The number of benzene rings is 2. The van der Waals surface area contributed by atoms with Gasteiger partial charge in [-0.2, -0.15) is 0 Å². The molecule has 6 nitrogen and oxygen atoms in total. The van der Waals surface area contributed by atoms with Crippen molar-refractivity contribution in [2.24, 2.45) is 0 Å². The number of nitrogens with zero attached hydrogens (tertiary/aromatic N) is 1. The number of nitrogens with one attached hydrogen (secondary N) is 1. The second-order valence-electron chi connectivity index (χ2n) is 7.40. The van der Waals surface area contributed by atoms with Gasteiger partial charge in [0.25, 0.3) is 5.91 Å². The standard InChI is InChI=1S/C23H26N2O4/c1-2-28-18-8-5-16(6-9-18)21-4-3-13-25(21)23(27)15-29-19-10-11-20-17(14-19)7-12-22(26)24-20/h5-6,8-11,14,21H,2-4,7,12-13,15H2,1H3,(H,24,26)/t21-/m1/s1. The maximum absolute atomic E-state index is 12.8. The molecule has 152 valence electrons. The van der Waals surface area contributed by atoms with Gasteiger partial charge in [0.05, 0.1) is 12.6 Å². The number of aryl methyl sites for hydroxylation is 1. The lowest BCUT2D eigenvalue weighted by molar-refractivity contribution is -0.134. The first-order valence-corrected chi connectivity index (χ1v) is 10.2. The number of likely N-dealkylation sites (tertiary alicyclic amines) is 1. The molecule has 1 atom stereocenters. The fourth-order valence-corrected chi connectivity index (χ4v) is 4.04. The zero-order valence-electron chi connectivity index (χ0n) is 16.6. The Balaban J connectivity index is 1.38. The Labute approximate surface area is 170 Å². The molecule has 1 fully saturated rings. The van der Waals surface area contributed by atoms with Gasteiger partial charge in [0, 0.05) is 18.7 Å².